The minimum atomic E-state index is -0.677. The van der Waals surface area contributed by atoms with Gasteiger partial charge in [0, 0.05) is 5.69 Å². The highest BCUT2D eigenvalue weighted by molar-refractivity contribution is 6.10. The molecule has 0 aliphatic carbocycles. The summed E-state index contributed by atoms with van der Waals surface area (Å²) >= 11 is 0. The molecule has 1 aliphatic rings. The van der Waals surface area contributed by atoms with E-state index in [-0.39, 0.29) is 17.1 Å². The van der Waals surface area contributed by atoms with Gasteiger partial charge in [-0.05, 0) is 87.2 Å². The Hall–Kier alpha value is -4.06. The summed E-state index contributed by atoms with van der Waals surface area (Å²) in [4.78, 5) is 29.6. The van der Waals surface area contributed by atoms with Crippen molar-refractivity contribution in [2.45, 2.75) is 59.9 Å². The molecule has 1 aliphatic heterocycles. The molecule has 39 heavy (non-hydrogen) atoms. The molecular formula is C33H35NO5. The van der Waals surface area contributed by atoms with Crippen LogP contribution in [0.4, 0.5) is 5.69 Å². The average molecular weight is 526 g/mol. The van der Waals surface area contributed by atoms with Crippen molar-refractivity contribution in [3.63, 3.8) is 0 Å². The molecule has 2 heterocycles. The predicted molar refractivity (Wildman–Crippen MR) is 154 cm³/mol. The van der Waals surface area contributed by atoms with E-state index in [1.807, 2.05) is 76.2 Å². The second kappa shape index (κ2) is 11.0. The molecular weight excluding hydrogens is 490 g/mol. The second-order valence-corrected chi connectivity index (χ2v) is 10.2. The molecule has 0 saturated heterocycles. The number of amides is 1. The lowest BCUT2D eigenvalue weighted by Gasteiger charge is -2.26. The van der Waals surface area contributed by atoms with Gasteiger partial charge < -0.3 is 13.9 Å². The highest BCUT2D eigenvalue weighted by Crippen LogP contribution is 2.43. The maximum absolute atomic E-state index is 14.0. The van der Waals surface area contributed by atoms with E-state index in [9.17, 15) is 9.59 Å². The lowest BCUT2D eigenvalue weighted by Crippen LogP contribution is -2.29. The van der Waals surface area contributed by atoms with Crippen LogP contribution in [0.5, 0.6) is 11.5 Å². The highest BCUT2D eigenvalue weighted by Gasteiger charge is 2.44. The van der Waals surface area contributed by atoms with Crippen LogP contribution in [0.1, 0.15) is 77.5 Å². The molecule has 6 nitrogen and oxygen atoms in total. The largest absolute Gasteiger partial charge is 0.490 e. The van der Waals surface area contributed by atoms with E-state index in [1.165, 1.54) is 0 Å². The highest BCUT2D eigenvalue weighted by atomic mass is 16.5. The number of nitrogens with zero attached hydrogens (tertiary/aromatic N) is 1. The van der Waals surface area contributed by atoms with Crippen molar-refractivity contribution in [1.29, 1.82) is 0 Å². The van der Waals surface area contributed by atoms with Crippen LogP contribution in [0.15, 0.2) is 63.8 Å². The minimum absolute atomic E-state index is 0.0810. The molecule has 0 bridgehead atoms. The second-order valence-electron chi connectivity index (χ2n) is 10.2. The third-order valence-corrected chi connectivity index (χ3v) is 7.38. The van der Waals surface area contributed by atoms with Gasteiger partial charge in [-0.3, -0.25) is 14.5 Å². The number of ether oxygens (including phenoxy) is 2. The van der Waals surface area contributed by atoms with Crippen molar-refractivity contribution in [2.75, 3.05) is 18.1 Å². The zero-order valence-electron chi connectivity index (χ0n) is 23.3. The topological polar surface area (TPSA) is 69.0 Å². The summed E-state index contributed by atoms with van der Waals surface area (Å²) in [6.07, 6.45) is 3.17. The molecule has 202 valence electrons. The van der Waals surface area contributed by atoms with Gasteiger partial charge in [0.05, 0.1) is 30.2 Å². The van der Waals surface area contributed by atoms with Crippen molar-refractivity contribution in [2.24, 2.45) is 0 Å². The van der Waals surface area contributed by atoms with Gasteiger partial charge in [-0.1, -0.05) is 43.5 Å². The number of carbonyl (C=O) groups is 1. The zero-order valence-corrected chi connectivity index (χ0v) is 23.3. The first kappa shape index (κ1) is 26.5. The molecule has 0 radical (unpaired) electrons. The van der Waals surface area contributed by atoms with Crippen LogP contribution in [-0.4, -0.2) is 19.1 Å². The fourth-order valence-electron chi connectivity index (χ4n) is 5.16. The Labute approximate surface area is 229 Å². The quantitative estimate of drug-likeness (QED) is 0.213. The van der Waals surface area contributed by atoms with E-state index in [4.69, 9.17) is 13.9 Å². The molecule has 0 fully saturated rings. The van der Waals surface area contributed by atoms with E-state index >= 15 is 0 Å². The van der Waals surface area contributed by atoms with Crippen molar-refractivity contribution < 1.29 is 18.7 Å². The first-order valence-electron chi connectivity index (χ1n) is 13.7. The van der Waals surface area contributed by atoms with Crippen molar-refractivity contribution in [3.05, 3.63) is 98.4 Å². The third-order valence-electron chi connectivity index (χ3n) is 7.38. The standard InChI is InChI=1S/C33H35NO5/c1-6-8-9-16-38-27-15-12-23(19-28(27)37-7-2)30-29-31(35)25-17-20(3)10-14-26(25)39-32(29)33(36)34(30)24-13-11-21(4)22(5)18-24/h10-15,17-19,30H,6-9,16H2,1-5H3. The lowest BCUT2D eigenvalue weighted by atomic mass is 9.97. The fraction of sp³-hybridized carbons (Fsp3) is 0.333. The first-order valence-corrected chi connectivity index (χ1v) is 13.7. The Morgan fingerprint density at radius 3 is 2.41 bits per heavy atom. The monoisotopic (exact) mass is 525 g/mol. The molecule has 3 aromatic carbocycles. The van der Waals surface area contributed by atoms with Crippen LogP contribution in [-0.2, 0) is 0 Å². The fourth-order valence-corrected chi connectivity index (χ4v) is 5.16. The number of aryl methyl sites for hydroxylation is 3. The number of unbranched alkanes of at least 4 members (excludes halogenated alkanes) is 2. The molecule has 5 rings (SSSR count). The maximum atomic E-state index is 14.0. The maximum Gasteiger partial charge on any atom is 0.295 e. The Balaban J connectivity index is 1.69. The third kappa shape index (κ3) is 4.91. The SMILES string of the molecule is CCCCCOc1ccc(C2c3c(oc4ccc(C)cc4c3=O)C(=O)N2c2ccc(C)c(C)c2)cc1OCC. The van der Waals surface area contributed by atoms with E-state index in [0.717, 1.165) is 41.5 Å². The molecule has 0 saturated carbocycles. The van der Waals surface area contributed by atoms with Crippen molar-refractivity contribution in [1.82, 2.24) is 0 Å². The number of benzene rings is 3. The van der Waals surface area contributed by atoms with E-state index in [0.29, 0.717) is 46.9 Å². The van der Waals surface area contributed by atoms with Crippen LogP contribution in [0, 0.1) is 20.8 Å². The normalized spacial score (nSPS) is 14.6. The smallest absolute Gasteiger partial charge is 0.295 e. The molecule has 0 spiro atoms. The van der Waals surface area contributed by atoms with Gasteiger partial charge in [-0.15, -0.1) is 0 Å². The van der Waals surface area contributed by atoms with Gasteiger partial charge in [0.15, 0.2) is 16.9 Å². The summed E-state index contributed by atoms with van der Waals surface area (Å²) < 4.78 is 18.2. The van der Waals surface area contributed by atoms with Crippen LogP contribution in [0.25, 0.3) is 11.0 Å². The summed E-state index contributed by atoms with van der Waals surface area (Å²) in [6.45, 7) is 11.1. The number of hydrogen-bond donors (Lipinski definition) is 0. The summed E-state index contributed by atoms with van der Waals surface area (Å²) in [7, 11) is 0. The molecule has 4 aromatic rings. The van der Waals surface area contributed by atoms with E-state index < -0.39 is 6.04 Å². The van der Waals surface area contributed by atoms with Crippen LogP contribution >= 0.6 is 0 Å². The summed E-state index contributed by atoms with van der Waals surface area (Å²) in [5.74, 6) is 0.988. The van der Waals surface area contributed by atoms with E-state index in [1.54, 1.807) is 11.0 Å². The summed E-state index contributed by atoms with van der Waals surface area (Å²) in [5.41, 5.74) is 5.14. The van der Waals surface area contributed by atoms with Gasteiger partial charge in [-0.25, -0.2) is 0 Å². The van der Waals surface area contributed by atoms with E-state index in [2.05, 4.69) is 6.92 Å². The van der Waals surface area contributed by atoms with Gasteiger partial charge >= 0.3 is 0 Å². The number of hydrogen-bond acceptors (Lipinski definition) is 5. The Morgan fingerprint density at radius 1 is 0.846 bits per heavy atom. The van der Waals surface area contributed by atoms with Crippen molar-refractivity contribution >= 4 is 22.6 Å². The Morgan fingerprint density at radius 2 is 1.67 bits per heavy atom. The van der Waals surface area contributed by atoms with Gasteiger partial charge in [-0.2, -0.15) is 0 Å². The minimum Gasteiger partial charge on any atom is -0.490 e. The molecule has 6 heteroatoms. The van der Waals surface area contributed by atoms with Gasteiger partial charge in [0.25, 0.3) is 5.91 Å². The number of fused-ring (bicyclic) bond motifs is 2. The number of carbonyl (C=O) groups excluding carboxylic acids is 1. The van der Waals surface area contributed by atoms with Crippen molar-refractivity contribution in [3.8, 4) is 11.5 Å². The average Bonchev–Trinajstić information content (AvgIpc) is 3.22. The molecule has 0 N–H and O–H groups in total. The summed E-state index contributed by atoms with van der Waals surface area (Å²) in [6, 6.07) is 16.3. The van der Waals surface area contributed by atoms with Crippen LogP contribution in [0.3, 0.4) is 0 Å². The number of rotatable bonds is 9. The first-order chi connectivity index (χ1) is 18.8. The Bertz CT molecular complexity index is 1600. The predicted octanol–water partition coefficient (Wildman–Crippen LogP) is 7.44. The zero-order chi connectivity index (χ0) is 27.7. The Kier molecular flexibility index (Phi) is 7.47. The number of anilines is 1. The van der Waals surface area contributed by atoms with Crippen LogP contribution < -0.4 is 19.8 Å². The molecule has 1 unspecified atom stereocenters. The van der Waals surface area contributed by atoms with Gasteiger partial charge in [0.2, 0.25) is 5.76 Å². The van der Waals surface area contributed by atoms with Gasteiger partial charge in [0.1, 0.15) is 5.58 Å². The lowest BCUT2D eigenvalue weighted by molar-refractivity contribution is 0.0971. The molecule has 1 atom stereocenters. The summed E-state index contributed by atoms with van der Waals surface area (Å²) in [5, 5.41) is 0.467. The molecule has 1 amide bonds. The molecule has 1 aromatic heterocycles. The van der Waals surface area contributed by atoms with Crippen LogP contribution in [0.2, 0.25) is 0 Å².